The molecule has 0 unspecified atom stereocenters. The van der Waals surface area contributed by atoms with Gasteiger partial charge in [0.2, 0.25) is 0 Å². The van der Waals surface area contributed by atoms with Crippen LogP contribution in [0, 0.1) is 0 Å². The Labute approximate surface area is 140 Å². The molecule has 0 atom stereocenters. The van der Waals surface area contributed by atoms with Crippen LogP contribution in [-0.2, 0) is 19.3 Å². The van der Waals surface area contributed by atoms with E-state index in [0.717, 1.165) is 30.5 Å². The molecule has 2 rings (SSSR count). The number of nitrogens with zero attached hydrogens (tertiary/aromatic N) is 2. The van der Waals surface area contributed by atoms with Gasteiger partial charge in [0.25, 0.3) is 0 Å². The molecule has 130 valence electrons. The first-order chi connectivity index (χ1) is 11.5. The van der Waals surface area contributed by atoms with Crippen molar-refractivity contribution < 1.29 is 13.2 Å². The number of pyridine rings is 1. The Bertz CT molecular complexity index is 652. The highest BCUT2D eigenvalue weighted by Crippen LogP contribution is 2.29. The van der Waals surface area contributed by atoms with E-state index >= 15 is 0 Å². The zero-order valence-corrected chi connectivity index (χ0v) is 13.9. The molecule has 1 N–H and O–H groups in total. The van der Waals surface area contributed by atoms with E-state index in [2.05, 4.69) is 29.0 Å². The molecule has 0 fully saturated rings. The molecule has 0 aliphatic heterocycles. The molecular formula is C18H22F3N3. The van der Waals surface area contributed by atoms with Crippen molar-refractivity contribution in [2.45, 2.75) is 33.1 Å². The lowest BCUT2D eigenvalue weighted by atomic mass is 10.1. The number of halogens is 3. The first-order valence-electron chi connectivity index (χ1n) is 8.01. The third kappa shape index (κ3) is 4.71. The maximum atomic E-state index is 12.7. The zero-order chi connectivity index (χ0) is 17.6. The first kappa shape index (κ1) is 18.3. The van der Waals surface area contributed by atoms with Gasteiger partial charge in [0.15, 0.2) is 0 Å². The Balaban J connectivity index is 2.03. The largest absolute Gasteiger partial charge is 0.416 e. The molecule has 24 heavy (non-hydrogen) atoms. The number of hydrogen-bond donors (Lipinski definition) is 1. The van der Waals surface area contributed by atoms with Gasteiger partial charge in [-0.3, -0.25) is 0 Å². The highest BCUT2D eigenvalue weighted by molar-refractivity contribution is 5.46. The number of hydrogen-bond acceptors (Lipinski definition) is 3. The predicted molar refractivity (Wildman–Crippen MR) is 89.8 cm³/mol. The minimum Gasteiger partial charge on any atom is -0.357 e. The third-order valence-corrected chi connectivity index (χ3v) is 3.83. The lowest BCUT2D eigenvalue weighted by Gasteiger charge is -2.22. The maximum absolute atomic E-state index is 12.7. The van der Waals surface area contributed by atoms with Crippen molar-refractivity contribution >= 4 is 5.82 Å². The molecule has 0 amide bonds. The standard InChI is InChI=1S/C18H22F3N3/c1-3-24(4-2)17-15(8-6-10-23-17)13-22-12-14-7-5-9-16(11-14)18(19,20)21/h5-11,22H,3-4,12-13H2,1-2H3. The smallest absolute Gasteiger partial charge is 0.357 e. The monoisotopic (exact) mass is 337 g/mol. The lowest BCUT2D eigenvalue weighted by Crippen LogP contribution is -2.25. The molecule has 0 spiro atoms. The molecule has 1 heterocycles. The molecule has 0 aliphatic carbocycles. The molecule has 1 aromatic carbocycles. The molecule has 2 aromatic rings. The van der Waals surface area contributed by atoms with Crippen molar-refractivity contribution in [3.63, 3.8) is 0 Å². The third-order valence-electron chi connectivity index (χ3n) is 3.83. The number of anilines is 1. The first-order valence-corrected chi connectivity index (χ1v) is 8.01. The molecule has 0 saturated carbocycles. The van der Waals surface area contributed by atoms with Crippen molar-refractivity contribution in [1.82, 2.24) is 10.3 Å². The van der Waals surface area contributed by atoms with Crippen LogP contribution in [0.3, 0.4) is 0 Å². The lowest BCUT2D eigenvalue weighted by molar-refractivity contribution is -0.137. The van der Waals surface area contributed by atoms with Gasteiger partial charge in [-0.05, 0) is 31.5 Å². The van der Waals surface area contributed by atoms with Crippen molar-refractivity contribution in [1.29, 1.82) is 0 Å². The van der Waals surface area contributed by atoms with E-state index in [9.17, 15) is 13.2 Å². The summed E-state index contributed by atoms with van der Waals surface area (Å²) in [5, 5.41) is 3.21. The van der Waals surface area contributed by atoms with Gasteiger partial charge in [0.1, 0.15) is 5.82 Å². The van der Waals surface area contributed by atoms with Gasteiger partial charge in [-0.15, -0.1) is 0 Å². The molecule has 0 bridgehead atoms. The minimum atomic E-state index is -4.31. The van der Waals surface area contributed by atoms with Gasteiger partial charge >= 0.3 is 6.18 Å². The summed E-state index contributed by atoms with van der Waals surface area (Å²) in [6.07, 6.45) is -2.56. The van der Waals surface area contributed by atoms with Crippen LogP contribution in [0.5, 0.6) is 0 Å². The number of benzene rings is 1. The molecule has 3 nitrogen and oxygen atoms in total. The van der Waals surface area contributed by atoms with Crippen LogP contribution in [0.25, 0.3) is 0 Å². The summed E-state index contributed by atoms with van der Waals surface area (Å²) in [5.41, 5.74) is 1.03. The SMILES string of the molecule is CCN(CC)c1ncccc1CNCc1cccc(C(F)(F)F)c1. The summed E-state index contributed by atoms with van der Waals surface area (Å²) in [6.45, 7) is 6.77. The quantitative estimate of drug-likeness (QED) is 0.819. The number of alkyl halides is 3. The maximum Gasteiger partial charge on any atom is 0.416 e. The molecular weight excluding hydrogens is 315 g/mol. The van der Waals surface area contributed by atoms with Crippen LogP contribution < -0.4 is 10.2 Å². The van der Waals surface area contributed by atoms with Gasteiger partial charge < -0.3 is 10.2 Å². The average Bonchev–Trinajstić information content (AvgIpc) is 2.57. The Morgan fingerprint density at radius 2 is 1.79 bits per heavy atom. The zero-order valence-electron chi connectivity index (χ0n) is 13.9. The fourth-order valence-electron chi connectivity index (χ4n) is 2.58. The van der Waals surface area contributed by atoms with Crippen LogP contribution in [0.2, 0.25) is 0 Å². The second-order valence-corrected chi connectivity index (χ2v) is 5.46. The molecule has 0 radical (unpaired) electrons. The second kappa shape index (κ2) is 8.15. The Morgan fingerprint density at radius 1 is 1.04 bits per heavy atom. The molecule has 1 aromatic heterocycles. The summed E-state index contributed by atoms with van der Waals surface area (Å²) in [6, 6.07) is 9.25. The summed E-state index contributed by atoms with van der Waals surface area (Å²) in [7, 11) is 0. The highest BCUT2D eigenvalue weighted by atomic mass is 19.4. The fraction of sp³-hybridized carbons (Fsp3) is 0.389. The van der Waals surface area contributed by atoms with Gasteiger partial charge in [-0.25, -0.2) is 4.98 Å². The molecule has 0 saturated heterocycles. The normalized spacial score (nSPS) is 11.5. The van der Waals surface area contributed by atoms with E-state index in [4.69, 9.17) is 0 Å². The van der Waals surface area contributed by atoms with E-state index in [1.54, 1.807) is 12.3 Å². The van der Waals surface area contributed by atoms with Gasteiger partial charge in [0, 0.05) is 37.9 Å². The van der Waals surface area contributed by atoms with Crippen LogP contribution in [0.15, 0.2) is 42.6 Å². The highest BCUT2D eigenvalue weighted by Gasteiger charge is 2.30. The summed E-state index contributed by atoms with van der Waals surface area (Å²) < 4.78 is 38.2. The van der Waals surface area contributed by atoms with Crippen molar-refractivity contribution in [3.05, 3.63) is 59.3 Å². The van der Waals surface area contributed by atoms with Gasteiger partial charge in [-0.1, -0.05) is 24.3 Å². The van der Waals surface area contributed by atoms with E-state index in [-0.39, 0.29) is 0 Å². The minimum absolute atomic E-state index is 0.372. The van der Waals surface area contributed by atoms with Crippen LogP contribution in [0.4, 0.5) is 19.0 Å². The van der Waals surface area contributed by atoms with E-state index in [1.165, 1.54) is 12.1 Å². The second-order valence-electron chi connectivity index (χ2n) is 5.46. The Kier molecular flexibility index (Phi) is 6.20. The van der Waals surface area contributed by atoms with Gasteiger partial charge in [-0.2, -0.15) is 13.2 Å². The summed E-state index contributed by atoms with van der Waals surface area (Å²) in [5.74, 6) is 0.916. The van der Waals surface area contributed by atoms with Crippen LogP contribution >= 0.6 is 0 Å². The fourth-order valence-corrected chi connectivity index (χ4v) is 2.58. The average molecular weight is 337 g/mol. The van der Waals surface area contributed by atoms with Gasteiger partial charge in [0.05, 0.1) is 5.56 Å². The Hall–Kier alpha value is -2.08. The summed E-state index contributed by atoms with van der Waals surface area (Å²) >= 11 is 0. The topological polar surface area (TPSA) is 28.2 Å². The van der Waals surface area contributed by atoms with E-state index in [1.807, 2.05) is 12.1 Å². The van der Waals surface area contributed by atoms with Crippen LogP contribution in [-0.4, -0.2) is 18.1 Å². The van der Waals surface area contributed by atoms with Crippen molar-refractivity contribution in [2.75, 3.05) is 18.0 Å². The van der Waals surface area contributed by atoms with Crippen LogP contribution in [0.1, 0.15) is 30.5 Å². The Morgan fingerprint density at radius 3 is 2.46 bits per heavy atom. The molecule has 6 heteroatoms. The predicted octanol–water partition coefficient (Wildman–Crippen LogP) is 4.24. The van der Waals surface area contributed by atoms with E-state index < -0.39 is 11.7 Å². The van der Waals surface area contributed by atoms with E-state index in [0.29, 0.717) is 18.7 Å². The van der Waals surface area contributed by atoms with Crippen molar-refractivity contribution in [2.24, 2.45) is 0 Å². The summed E-state index contributed by atoms with van der Waals surface area (Å²) in [4.78, 5) is 6.58. The number of rotatable bonds is 7. The molecule has 0 aliphatic rings. The number of aromatic nitrogens is 1. The number of nitrogens with one attached hydrogen (secondary N) is 1. The van der Waals surface area contributed by atoms with Crippen molar-refractivity contribution in [3.8, 4) is 0 Å².